The number of amides is 1. The number of benzene rings is 1. The van der Waals surface area contributed by atoms with Crippen molar-refractivity contribution in [1.82, 2.24) is 9.88 Å². The van der Waals surface area contributed by atoms with Crippen molar-refractivity contribution in [3.8, 4) is 5.88 Å². The van der Waals surface area contributed by atoms with E-state index in [2.05, 4.69) is 9.88 Å². The summed E-state index contributed by atoms with van der Waals surface area (Å²) in [6, 6.07) is 9.20. The van der Waals surface area contributed by atoms with E-state index in [-0.39, 0.29) is 17.8 Å². The Hall–Kier alpha value is -2.64. The summed E-state index contributed by atoms with van der Waals surface area (Å²) in [5, 5.41) is 0.331. The summed E-state index contributed by atoms with van der Waals surface area (Å²) >= 11 is 6.30. The zero-order valence-electron chi connectivity index (χ0n) is 16.8. The summed E-state index contributed by atoms with van der Waals surface area (Å²) in [6.07, 6.45) is 2.28. The molecule has 2 saturated heterocycles. The van der Waals surface area contributed by atoms with Gasteiger partial charge in [-0.25, -0.2) is 4.98 Å². The molecule has 0 bridgehead atoms. The molecule has 1 aromatic carbocycles. The number of nitrogens with zero attached hydrogens (tertiary/aromatic N) is 3. The maximum Gasteiger partial charge on any atom is 0.255 e. The summed E-state index contributed by atoms with van der Waals surface area (Å²) in [6.45, 7) is 5.39. The molecule has 0 saturated carbocycles. The highest BCUT2D eigenvalue weighted by Crippen LogP contribution is 2.26. The molecule has 30 heavy (non-hydrogen) atoms. The highest BCUT2D eigenvalue weighted by Gasteiger charge is 2.24. The highest BCUT2D eigenvalue weighted by atomic mass is 35.5. The first-order valence-corrected chi connectivity index (χ1v) is 10.4. The van der Waals surface area contributed by atoms with Crippen molar-refractivity contribution in [1.29, 1.82) is 0 Å². The number of Topliss-reactive ketones (excluding diaryl/α,β-unsaturated/α-hetero) is 1. The van der Waals surface area contributed by atoms with Crippen LogP contribution in [0.1, 0.15) is 34.1 Å². The molecule has 7 nitrogen and oxygen atoms in total. The smallest absolute Gasteiger partial charge is 0.255 e. The molecule has 0 radical (unpaired) electrons. The van der Waals surface area contributed by atoms with E-state index < -0.39 is 0 Å². The molecule has 0 N–H and O–H groups in total. The van der Waals surface area contributed by atoms with E-state index in [1.165, 1.54) is 6.20 Å². The first-order chi connectivity index (χ1) is 14.5. The van der Waals surface area contributed by atoms with Crippen LogP contribution in [0, 0.1) is 0 Å². The Bertz CT molecular complexity index is 920. The lowest BCUT2D eigenvalue weighted by Crippen LogP contribution is -2.48. The number of halogens is 1. The molecule has 2 aliphatic rings. The van der Waals surface area contributed by atoms with E-state index in [0.29, 0.717) is 48.3 Å². The monoisotopic (exact) mass is 429 g/mol. The number of piperazine rings is 1. The lowest BCUT2D eigenvalue weighted by Gasteiger charge is -2.36. The minimum Gasteiger partial charge on any atom is -0.471 e. The van der Waals surface area contributed by atoms with Crippen LogP contribution in [0.5, 0.6) is 5.88 Å². The molecule has 8 heteroatoms. The number of carbonyl (C=O) groups excluding carboxylic acids is 2. The molecule has 158 valence electrons. The van der Waals surface area contributed by atoms with Gasteiger partial charge in [-0.2, -0.15) is 0 Å². The van der Waals surface area contributed by atoms with Gasteiger partial charge in [-0.1, -0.05) is 11.6 Å². The number of hydrogen-bond acceptors (Lipinski definition) is 6. The highest BCUT2D eigenvalue weighted by molar-refractivity contribution is 6.32. The maximum atomic E-state index is 12.9. The van der Waals surface area contributed by atoms with E-state index in [9.17, 15) is 9.59 Å². The molecular formula is C22H24ClN3O4. The molecule has 1 aromatic heterocycles. The Morgan fingerprint density at radius 3 is 2.47 bits per heavy atom. The Balaban J connectivity index is 1.35. The van der Waals surface area contributed by atoms with Gasteiger partial charge in [0.15, 0.2) is 5.78 Å². The van der Waals surface area contributed by atoms with Gasteiger partial charge in [-0.05, 0) is 37.3 Å². The van der Waals surface area contributed by atoms with Gasteiger partial charge in [0.25, 0.3) is 5.91 Å². The number of pyridine rings is 1. The van der Waals surface area contributed by atoms with Crippen LogP contribution in [0.3, 0.4) is 0 Å². The maximum absolute atomic E-state index is 12.9. The van der Waals surface area contributed by atoms with E-state index in [0.717, 1.165) is 25.2 Å². The van der Waals surface area contributed by atoms with Gasteiger partial charge in [0.2, 0.25) is 5.88 Å². The standard InChI is InChI=1S/C22H24ClN3O4/c1-15(27)16-2-4-18(5-3-16)25-7-9-26(10-8-25)22(28)17-12-20(23)21(24-13-17)30-19-6-11-29-14-19/h2-5,12-13,19H,6-11,14H2,1H3. The van der Waals surface area contributed by atoms with Crippen molar-refractivity contribution in [3.63, 3.8) is 0 Å². The van der Waals surface area contributed by atoms with Crippen LogP contribution in [0.25, 0.3) is 0 Å². The average Bonchev–Trinajstić information content (AvgIpc) is 3.28. The third kappa shape index (κ3) is 4.57. The van der Waals surface area contributed by atoms with Crippen LogP contribution in [0.4, 0.5) is 5.69 Å². The van der Waals surface area contributed by atoms with Crippen LogP contribution >= 0.6 is 11.6 Å². The molecule has 2 aromatic rings. The van der Waals surface area contributed by atoms with Crippen molar-refractivity contribution in [2.24, 2.45) is 0 Å². The lowest BCUT2D eigenvalue weighted by atomic mass is 10.1. The number of ether oxygens (including phenoxy) is 2. The number of ketones is 1. The summed E-state index contributed by atoms with van der Waals surface area (Å²) < 4.78 is 11.0. The van der Waals surface area contributed by atoms with Gasteiger partial charge in [0.05, 0.1) is 18.8 Å². The molecule has 0 spiro atoms. The van der Waals surface area contributed by atoms with Gasteiger partial charge < -0.3 is 19.3 Å². The van der Waals surface area contributed by atoms with E-state index in [4.69, 9.17) is 21.1 Å². The van der Waals surface area contributed by atoms with Crippen molar-refractivity contribution in [2.45, 2.75) is 19.4 Å². The molecule has 1 atom stereocenters. The average molecular weight is 430 g/mol. The summed E-state index contributed by atoms with van der Waals surface area (Å²) in [5.41, 5.74) is 2.20. The number of anilines is 1. The van der Waals surface area contributed by atoms with E-state index in [1.54, 1.807) is 17.9 Å². The summed E-state index contributed by atoms with van der Waals surface area (Å²) in [5.74, 6) is 0.298. The second-order valence-corrected chi connectivity index (χ2v) is 7.90. The van der Waals surface area contributed by atoms with Gasteiger partial charge in [0, 0.05) is 50.0 Å². The van der Waals surface area contributed by atoms with E-state index >= 15 is 0 Å². The second-order valence-electron chi connectivity index (χ2n) is 7.50. The van der Waals surface area contributed by atoms with Crippen LogP contribution in [-0.2, 0) is 4.74 Å². The van der Waals surface area contributed by atoms with Crippen molar-refractivity contribution in [3.05, 3.63) is 52.7 Å². The fraction of sp³-hybridized carbons (Fsp3) is 0.409. The third-order valence-corrected chi connectivity index (χ3v) is 5.70. The molecular weight excluding hydrogens is 406 g/mol. The van der Waals surface area contributed by atoms with Crippen LogP contribution in [0.15, 0.2) is 36.5 Å². The number of carbonyl (C=O) groups is 2. The number of rotatable bonds is 5. The molecule has 0 aliphatic carbocycles. The zero-order chi connectivity index (χ0) is 21.1. The van der Waals surface area contributed by atoms with E-state index in [1.807, 2.05) is 24.3 Å². The van der Waals surface area contributed by atoms with Crippen molar-refractivity contribution in [2.75, 3.05) is 44.3 Å². The minimum absolute atomic E-state index is 0.0471. The number of aromatic nitrogens is 1. The van der Waals surface area contributed by atoms with Crippen molar-refractivity contribution >= 4 is 29.0 Å². The SMILES string of the molecule is CC(=O)c1ccc(N2CCN(C(=O)c3cnc(OC4CCOC4)c(Cl)c3)CC2)cc1. The largest absolute Gasteiger partial charge is 0.471 e. The molecule has 4 rings (SSSR count). The lowest BCUT2D eigenvalue weighted by molar-refractivity contribution is 0.0746. The topological polar surface area (TPSA) is 72.0 Å². The Labute approximate surface area is 180 Å². The molecule has 2 aliphatic heterocycles. The Kier molecular flexibility index (Phi) is 6.20. The summed E-state index contributed by atoms with van der Waals surface area (Å²) in [7, 11) is 0. The predicted molar refractivity (Wildman–Crippen MR) is 114 cm³/mol. The zero-order valence-corrected chi connectivity index (χ0v) is 17.6. The molecule has 1 unspecified atom stereocenters. The Morgan fingerprint density at radius 2 is 1.87 bits per heavy atom. The van der Waals surface area contributed by atoms with Gasteiger partial charge in [-0.15, -0.1) is 0 Å². The second kappa shape index (κ2) is 9.02. The van der Waals surface area contributed by atoms with Gasteiger partial charge in [0.1, 0.15) is 11.1 Å². The number of hydrogen-bond donors (Lipinski definition) is 0. The van der Waals surface area contributed by atoms with Gasteiger partial charge >= 0.3 is 0 Å². The normalized spacial score (nSPS) is 19.1. The molecule has 2 fully saturated rings. The summed E-state index contributed by atoms with van der Waals surface area (Å²) in [4.78, 5) is 32.6. The third-order valence-electron chi connectivity index (χ3n) is 5.43. The van der Waals surface area contributed by atoms with Crippen LogP contribution < -0.4 is 9.64 Å². The Morgan fingerprint density at radius 1 is 1.13 bits per heavy atom. The molecule has 1 amide bonds. The quantitative estimate of drug-likeness (QED) is 0.680. The van der Waals surface area contributed by atoms with Crippen LogP contribution in [0.2, 0.25) is 5.02 Å². The fourth-order valence-corrected chi connectivity index (χ4v) is 3.86. The predicted octanol–water partition coefficient (Wildman–Crippen LogP) is 3.07. The first kappa shape index (κ1) is 20.6. The van der Waals surface area contributed by atoms with Gasteiger partial charge in [-0.3, -0.25) is 9.59 Å². The first-order valence-electron chi connectivity index (χ1n) is 10.1. The van der Waals surface area contributed by atoms with Crippen molar-refractivity contribution < 1.29 is 19.1 Å². The fourth-order valence-electron chi connectivity index (χ4n) is 3.65. The minimum atomic E-state index is -0.0910. The molecule has 3 heterocycles. The van der Waals surface area contributed by atoms with Crippen LogP contribution in [-0.4, -0.2) is 67.1 Å².